The lowest BCUT2D eigenvalue weighted by Gasteiger charge is -2.35. The molecule has 1 aliphatic heterocycles. The number of rotatable bonds is 11. The Morgan fingerprint density at radius 1 is 1.06 bits per heavy atom. The number of fused-ring (bicyclic) bond motifs is 1. The number of nitrogens with one attached hydrogen (secondary N) is 2. The number of guanidine groups is 1. The maximum atomic E-state index is 13.6. The van der Waals surface area contributed by atoms with Crippen LogP contribution in [0.4, 0.5) is 0 Å². The Kier molecular flexibility index (Phi) is 11.5. The number of hydrogen-bond acceptors (Lipinski definition) is 8. The number of hydrogen-bond donors (Lipinski definition) is 3. The molecule has 1 aliphatic rings. The molecular weight excluding hydrogens is 659 g/mol. The van der Waals surface area contributed by atoms with Crippen LogP contribution in [0.3, 0.4) is 0 Å². The van der Waals surface area contributed by atoms with Crippen molar-refractivity contribution in [3.8, 4) is 5.75 Å². The Morgan fingerprint density at radius 2 is 1.74 bits per heavy atom. The van der Waals surface area contributed by atoms with E-state index in [1.807, 2.05) is 51.1 Å². The molecule has 270 valence electrons. The van der Waals surface area contributed by atoms with E-state index in [1.54, 1.807) is 46.9 Å². The third-order valence-corrected chi connectivity index (χ3v) is 10.2. The standard InChI is InChI=1S/C37H49N5O7S/c1-23-24(2)31(25(3)27-18-19-37(7,8)48-30(23)27)50(46,47)41-35(38)39-20-12-17-29(34(45)49-36(4,5)6)40-32(43)28-16-13-21-42(33(28)44)22-26-14-10-9-11-15-26/h9-11,13-16,21,29H,12,17-20,22H2,1-8H3,(H,40,43)(H3,38,39,41)/t29-/m0/s1. The fourth-order valence-electron chi connectivity index (χ4n) is 5.94. The molecule has 1 atom stereocenters. The molecule has 0 fully saturated rings. The molecule has 0 radical (unpaired) electrons. The second-order valence-electron chi connectivity index (χ2n) is 14.3. The first-order chi connectivity index (χ1) is 23.3. The molecule has 0 unspecified atom stereocenters. The monoisotopic (exact) mass is 707 g/mol. The third-order valence-electron chi connectivity index (χ3n) is 8.56. The van der Waals surface area contributed by atoms with Gasteiger partial charge in [-0.05, 0) is 121 Å². The molecule has 1 aromatic heterocycles. The average molecular weight is 708 g/mol. The third kappa shape index (κ3) is 9.32. The molecular formula is C37H49N5O7S. The van der Waals surface area contributed by atoms with Crippen LogP contribution in [0.15, 0.2) is 63.3 Å². The fraction of sp³-hybridized carbons (Fsp3) is 0.459. The lowest BCUT2D eigenvalue weighted by Crippen LogP contribution is -2.46. The molecule has 50 heavy (non-hydrogen) atoms. The van der Waals surface area contributed by atoms with E-state index in [1.165, 1.54) is 10.6 Å². The highest BCUT2D eigenvalue weighted by molar-refractivity contribution is 7.90. The van der Waals surface area contributed by atoms with Crippen LogP contribution in [0.1, 0.15) is 92.1 Å². The van der Waals surface area contributed by atoms with Gasteiger partial charge in [-0.1, -0.05) is 30.3 Å². The maximum Gasteiger partial charge on any atom is 0.329 e. The minimum absolute atomic E-state index is 0.0445. The van der Waals surface area contributed by atoms with E-state index < -0.39 is 39.1 Å². The zero-order chi connectivity index (χ0) is 37.0. The molecule has 2 aromatic carbocycles. The predicted molar refractivity (Wildman–Crippen MR) is 193 cm³/mol. The molecule has 4 rings (SSSR count). The summed E-state index contributed by atoms with van der Waals surface area (Å²) in [6.07, 6.45) is 3.36. The van der Waals surface area contributed by atoms with Gasteiger partial charge < -0.3 is 25.1 Å². The quantitative estimate of drug-likeness (QED) is 0.114. The Bertz CT molecular complexity index is 1940. The molecule has 4 N–H and O–H groups in total. The second kappa shape index (κ2) is 15.1. The topological polar surface area (TPSA) is 171 Å². The van der Waals surface area contributed by atoms with Gasteiger partial charge in [-0.2, -0.15) is 0 Å². The lowest BCUT2D eigenvalue weighted by atomic mass is 9.88. The van der Waals surface area contributed by atoms with Crippen molar-refractivity contribution < 1.29 is 27.5 Å². The van der Waals surface area contributed by atoms with E-state index in [9.17, 15) is 22.8 Å². The summed E-state index contributed by atoms with van der Waals surface area (Å²) in [5.74, 6) is -0.972. The van der Waals surface area contributed by atoms with Crippen LogP contribution in [-0.4, -0.2) is 54.6 Å². The van der Waals surface area contributed by atoms with Crippen molar-refractivity contribution in [2.24, 2.45) is 10.7 Å². The zero-order valence-electron chi connectivity index (χ0n) is 30.2. The summed E-state index contributed by atoms with van der Waals surface area (Å²) in [5.41, 5.74) is 7.95. The summed E-state index contributed by atoms with van der Waals surface area (Å²) < 4.78 is 42.7. The molecule has 0 saturated heterocycles. The second-order valence-corrected chi connectivity index (χ2v) is 15.9. The first kappa shape index (κ1) is 38.2. The van der Waals surface area contributed by atoms with Crippen molar-refractivity contribution in [2.75, 3.05) is 6.54 Å². The molecule has 0 bridgehead atoms. The molecule has 0 aliphatic carbocycles. The number of nitrogens with two attached hydrogens (primary N) is 1. The smallest absolute Gasteiger partial charge is 0.329 e. The van der Waals surface area contributed by atoms with Gasteiger partial charge in [-0.15, -0.1) is 0 Å². The van der Waals surface area contributed by atoms with E-state index in [0.29, 0.717) is 17.5 Å². The van der Waals surface area contributed by atoms with Crippen molar-refractivity contribution in [3.05, 3.63) is 92.4 Å². The van der Waals surface area contributed by atoms with Crippen LogP contribution in [0.5, 0.6) is 5.75 Å². The molecule has 2 heterocycles. The number of amides is 1. The van der Waals surface area contributed by atoms with E-state index >= 15 is 0 Å². The van der Waals surface area contributed by atoms with Crippen LogP contribution in [-0.2, 0) is 32.5 Å². The number of nitrogens with zero attached hydrogens (tertiary/aromatic N) is 2. The maximum absolute atomic E-state index is 13.6. The first-order valence-electron chi connectivity index (χ1n) is 16.7. The highest BCUT2D eigenvalue weighted by atomic mass is 32.2. The Hall–Kier alpha value is -4.65. The summed E-state index contributed by atoms with van der Waals surface area (Å²) in [6.45, 7) is 14.8. The number of aromatic nitrogens is 1. The zero-order valence-corrected chi connectivity index (χ0v) is 31.0. The van der Waals surface area contributed by atoms with Crippen LogP contribution < -0.4 is 26.1 Å². The van der Waals surface area contributed by atoms with E-state index in [4.69, 9.17) is 15.2 Å². The van der Waals surface area contributed by atoms with Gasteiger partial charge in [0.15, 0.2) is 0 Å². The largest absolute Gasteiger partial charge is 0.487 e. The van der Waals surface area contributed by atoms with Gasteiger partial charge in [0.2, 0.25) is 5.96 Å². The van der Waals surface area contributed by atoms with Crippen LogP contribution in [0.25, 0.3) is 0 Å². The summed E-state index contributed by atoms with van der Waals surface area (Å²) in [6, 6.07) is 11.3. The molecule has 3 aromatic rings. The molecule has 12 nitrogen and oxygen atoms in total. The van der Waals surface area contributed by atoms with Crippen LogP contribution in [0.2, 0.25) is 0 Å². The SMILES string of the molecule is Cc1c(C)c(S(=O)(=O)NC(N)=NCCC[C@H](NC(=O)c2cccn(Cc3ccccc3)c2=O)C(=O)OC(C)(C)C)c(C)c2c1OC(C)(C)CC2. The first-order valence-corrected chi connectivity index (χ1v) is 18.2. The van der Waals surface area contributed by atoms with Crippen molar-refractivity contribution in [1.29, 1.82) is 0 Å². The summed E-state index contributed by atoms with van der Waals surface area (Å²) in [5, 5.41) is 2.65. The molecule has 1 amide bonds. The van der Waals surface area contributed by atoms with Crippen molar-refractivity contribution >= 4 is 27.9 Å². The van der Waals surface area contributed by atoms with E-state index in [-0.39, 0.29) is 48.0 Å². The highest BCUT2D eigenvalue weighted by Crippen LogP contribution is 2.42. The number of carbonyl (C=O) groups excluding carboxylic acids is 2. The Balaban J connectivity index is 1.46. The summed E-state index contributed by atoms with van der Waals surface area (Å²) in [7, 11) is -4.09. The van der Waals surface area contributed by atoms with Crippen molar-refractivity contribution in [3.63, 3.8) is 0 Å². The molecule has 13 heteroatoms. The minimum Gasteiger partial charge on any atom is -0.487 e. The number of benzene rings is 2. The number of pyridine rings is 1. The number of aliphatic imine (C=N–C) groups is 1. The number of carbonyl (C=O) groups is 2. The van der Waals surface area contributed by atoms with Gasteiger partial charge >= 0.3 is 5.97 Å². The summed E-state index contributed by atoms with van der Waals surface area (Å²) >= 11 is 0. The molecule has 0 saturated carbocycles. The fourth-order valence-corrected chi connectivity index (χ4v) is 7.46. The Labute approximate surface area is 294 Å². The van der Waals surface area contributed by atoms with Gasteiger partial charge in [0.1, 0.15) is 28.6 Å². The lowest BCUT2D eigenvalue weighted by molar-refractivity contribution is -0.157. The normalized spacial score (nSPS) is 15.0. The Morgan fingerprint density at radius 3 is 2.40 bits per heavy atom. The number of ether oxygens (including phenoxy) is 2. The van der Waals surface area contributed by atoms with Gasteiger partial charge in [0.05, 0.1) is 11.4 Å². The highest BCUT2D eigenvalue weighted by Gasteiger charge is 2.34. The van der Waals surface area contributed by atoms with E-state index in [2.05, 4.69) is 15.0 Å². The minimum atomic E-state index is -4.09. The van der Waals surface area contributed by atoms with Gasteiger partial charge in [0, 0.05) is 12.7 Å². The van der Waals surface area contributed by atoms with Crippen molar-refractivity contribution in [2.45, 2.75) is 110 Å². The van der Waals surface area contributed by atoms with Gasteiger partial charge in [0.25, 0.3) is 21.5 Å². The predicted octanol–water partition coefficient (Wildman–Crippen LogP) is 4.44. The summed E-state index contributed by atoms with van der Waals surface area (Å²) in [4.78, 5) is 44.0. The average Bonchev–Trinajstić information content (AvgIpc) is 3.01. The van der Waals surface area contributed by atoms with Crippen LogP contribution >= 0.6 is 0 Å². The number of esters is 1. The molecule has 0 spiro atoms. The van der Waals surface area contributed by atoms with E-state index in [0.717, 1.165) is 28.9 Å². The van der Waals surface area contributed by atoms with Gasteiger partial charge in [-0.3, -0.25) is 14.6 Å². The van der Waals surface area contributed by atoms with Crippen LogP contribution in [0, 0.1) is 20.8 Å². The van der Waals surface area contributed by atoms with Gasteiger partial charge in [-0.25, -0.2) is 17.9 Å². The number of sulfonamides is 1. The van der Waals surface area contributed by atoms with Crippen molar-refractivity contribution in [1.82, 2.24) is 14.6 Å².